The Balaban J connectivity index is 1.42. The van der Waals surface area contributed by atoms with Gasteiger partial charge in [0.2, 0.25) is 11.8 Å². The second-order valence-corrected chi connectivity index (χ2v) is 8.34. The van der Waals surface area contributed by atoms with Crippen LogP contribution in [0.4, 0.5) is 5.82 Å². The Hall–Kier alpha value is -2.38. The summed E-state index contributed by atoms with van der Waals surface area (Å²) in [7, 11) is 0. The van der Waals surface area contributed by atoms with E-state index in [0.29, 0.717) is 10.8 Å². The van der Waals surface area contributed by atoms with Crippen molar-refractivity contribution in [3.63, 3.8) is 0 Å². The number of H-pyrrole nitrogens is 1. The van der Waals surface area contributed by atoms with Crippen LogP contribution >= 0.6 is 11.6 Å². The van der Waals surface area contributed by atoms with E-state index in [1.807, 2.05) is 42.2 Å². The van der Waals surface area contributed by atoms with Crippen molar-refractivity contribution in [3.8, 4) is 11.3 Å². The van der Waals surface area contributed by atoms with E-state index in [-0.39, 0.29) is 17.7 Å². The van der Waals surface area contributed by atoms with E-state index in [4.69, 9.17) is 11.6 Å². The van der Waals surface area contributed by atoms with Gasteiger partial charge in [0.05, 0.1) is 5.69 Å². The standard InChI is InChI=1S/C22H30ClN5O2/c1-16(5-3-10-27-11-4-12-28(14-13-27)17(2)29)22(30)24-21-15-20(25-26-21)18-6-8-19(23)9-7-18/h6-9,15-16H,3-5,10-14H2,1-2H3,(H2,24,25,26,30). The van der Waals surface area contributed by atoms with Crippen molar-refractivity contribution in [2.45, 2.75) is 33.1 Å². The third-order valence-electron chi connectivity index (χ3n) is 5.57. The Kier molecular flexibility index (Phi) is 7.87. The van der Waals surface area contributed by atoms with Gasteiger partial charge in [-0.15, -0.1) is 0 Å². The van der Waals surface area contributed by atoms with Gasteiger partial charge in [-0.05, 0) is 44.5 Å². The van der Waals surface area contributed by atoms with Gasteiger partial charge in [-0.1, -0.05) is 30.7 Å². The first kappa shape index (κ1) is 22.3. The number of hydrogen-bond donors (Lipinski definition) is 2. The summed E-state index contributed by atoms with van der Waals surface area (Å²) >= 11 is 5.92. The summed E-state index contributed by atoms with van der Waals surface area (Å²) in [5.74, 6) is 0.640. The fourth-order valence-corrected chi connectivity index (χ4v) is 3.80. The highest BCUT2D eigenvalue weighted by atomic mass is 35.5. The number of nitrogens with zero attached hydrogens (tertiary/aromatic N) is 3. The van der Waals surface area contributed by atoms with Gasteiger partial charge >= 0.3 is 0 Å². The van der Waals surface area contributed by atoms with Crippen molar-refractivity contribution < 1.29 is 9.59 Å². The zero-order valence-corrected chi connectivity index (χ0v) is 18.4. The Labute approximate surface area is 182 Å². The van der Waals surface area contributed by atoms with Gasteiger partial charge in [0.1, 0.15) is 5.82 Å². The van der Waals surface area contributed by atoms with Gasteiger partial charge in [-0.2, -0.15) is 5.10 Å². The van der Waals surface area contributed by atoms with Crippen LogP contribution in [0, 0.1) is 5.92 Å². The van der Waals surface area contributed by atoms with E-state index in [1.165, 1.54) is 0 Å². The molecule has 1 saturated heterocycles. The smallest absolute Gasteiger partial charge is 0.228 e. The molecule has 0 bridgehead atoms. The van der Waals surface area contributed by atoms with Crippen molar-refractivity contribution in [2.75, 3.05) is 38.0 Å². The lowest BCUT2D eigenvalue weighted by Crippen LogP contribution is -2.34. The number of benzene rings is 1. The predicted octanol–water partition coefficient (Wildman–Crippen LogP) is 3.64. The van der Waals surface area contributed by atoms with Crippen molar-refractivity contribution in [1.29, 1.82) is 0 Å². The van der Waals surface area contributed by atoms with Gasteiger partial charge in [-0.25, -0.2) is 0 Å². The second-order valence-electron chi connectivity index (χ2n) is 7.91. The maximum Gasteiger partial charge on any atom is 0.228 e. The average molecular weight is 432 g/mol. The summed E-state index contributed by atoms with van der Waals surface area (Å²) in [5, 5.41) is 10.7. The molecule has 30 heavy (non-hydrogen) atoms. The second kappa shape index (κ2) is 10.6. The molecular formula is C22H30ClN5O2. The lowest BCUT2D eigenvalue weighted by atomic mass is 10.0. The summed E-state index contributed by atoms with van der Waals surface area (Å²) < 4.78 is 0. The maximum absolute atomic E-state index is 12.5. The van der Waals surface area contributed by atoms with E-state index < -0.39 is 0 Å². The molecule has 1 aromatic heterocycles. The molecule has 2 amide bonds. The number of aromatic nitrogens is 2. The number of carbonyl (C=O) groups is 2. The number of nitrogens with one attached hydrogen (secondary N) is 2. The number of amides is 2. The van der Waals surface area contributed by atoms with Crippen LogP contribution in [-0.4, -0.2) is 64.5 Å². The molecule has 2 N–H and O–H groups in total. The summed E-state index contributed by atoms with van der Waals surface area (Å²) in [6, 6.07) is 9.24. The molecule has 2 heterocycles. The molecule has 0 saturated carbocycles. The van der Waals surface area contributed by atoms with E-state index in [1.54, 1.807) is 6.92 Å². The molecule has 0 aliphatic carbocycles. The van der Waals surface area contributed by atoms with Crippen LogP contribution < -0.4 is 5.32 Å². The molecule has 3 rings (SSSR count). The molecule has 162 valence electrons. The number of halogens is 1. The highest BCUT2D eigenvalue weighted by Crippen LogP contribution is 2.22. The molecule has 0 radical (unpaired) electrons. The van der Waals surface area contributed by atoms with Gasteiger partial charge in [-0.3, -0.25) is 14.7 Å². The van der Waals surface area contributed by atoms with E-state index >= 15 is 0 Å². The third-order valence-corrected chi connectivity index (χ3v) is 5.82. The fourth-order valence-electron chi connectivity index (χ4n) is 3.67. The first-order valence-electron chi connectivity index (χ1n) is 10.5. The van der Waals surface area contributed by atoms with Gasteiger partial charge in [0.15, 0.2) is 0 Å². The van der Waals surface area contributed by atoms with E-state index in [9.17, 15) is 9.59 Å². The number of aromatic amines is 1. The van der Waals surface area contributed by atoms with Crippen molar-refractivity contribution in [2.24, 2.45) is 5.92 Å². The number of anilines is 1. The van der Waals surface area contributed by atoms with Crippen LogP contribution in [0.15, 0.2) is 30.3 Å². The van der Waals surface area contributed by atoms with E-state index in [0.717, 1.165) is 63.2 Å². The summed E-state index contributed by atoms with van der Waals surface area (Å²) in [6.07, 6.45) is 2.77. The summed E-state index contributed by atoms with van der Waals surface area (Å²) in [4.78, 5) is 28.4. The molecule has 1 aromatic carbocycles. The normalized spacial score (nSPS) is 16.2. The Bertz CT molecular complexity index is 851. The maximum atomic E-state index is 12.5. The molecular weight excluding hydrogens is 402 g/mol. The molecule has 1 aliphatic heterocycles. The van der Waals surface area contributed by atoms with Gasteiger partial charge in [0.25, 0.3) is 0 Å². The number of hydrogen-bond acceptors (Lipinski definition) is 4. The zero-order chi connectivity index (χ0) is 21.5. The molecule has 1 fully saturated rings. The SMILES string of the molecule is CC(=O)N1CCCN(CCCC(C)C(=O)Nc2cc(-c3ccc(Cl)cc3)n[nH]2)CC1. The van der Waals surface area contributed by atoms with E-state index in [2.05, 4.69) is 20.4 Å². The Morgan fingerprint density at radius 2 is 1.97 bits per heavy atom. The first-order valence-corrected chi connectivity index (χ1v) is 10.9. The third kappa shape index (κ3) is 6.31. The molecule has 8 heteroatoms. The monoisotopic (exact) mass is 431 g/mol. The largest absolute Gasteiger partial charge is 0.342 e. The van der Waals surface area contributed by atoms with Crippen molar-refractivity contribution in [1.82, 2.24) is 20.0 Å². The summed E-state index contributed by atoms with van der Waals surface area (Å²) in [5.41, 5.74) is 1.69. The molecule has 0 spiro atoms. The zero-order valence-electron chi connectivity index (χ0n) is 17.7. The average Bonchev–Trinajstić information content (AvgIpc) is 3.04. The van der Waals surface area contributed by atoms with Crippen LogP contribution in [0.3, 0.4) is 0 Å². The van der Waals surface area contributed by atoms with Crippen molar-refractivity contribution in [3.05, 3.63) is 35.4 Å². The van der Waals surface area contributed by atoms with Gasteiger partial charge in [0, 0.05) is 49.1 Å². The highest BCUT2D eigenvalue weighted by molar-refractivity contribution is 6.30. The van der Waals surface area contributed by atoms with Crippen LogP contribution in [0.5, 0.6) is 0 Å². The Morgan fingerprint density at radius 3 is 2.70 bits per heavy atom. The lowest BCUT2D eigenvalue weighted by molar-refractivity contribution is -0.128. The molecule has 7 nitrogen and oxygen atoms in total. The predicted molar refractivity (Wildman–Crippen MR) is 119 cm³/mol. The topological polar surface area (TPSA) is 81.3 Å². The molecule has 1 atom stereocenters. The first-order chi connectivity index (χ1) is 14.4. The van der Waals surface area contributed by atoms with Crippen LogP contribution in [-0.2, 0) is 9.59 Å². The number of rotatable bonds is 7. The molecule has 1 aliphatic rings. The Morgan fingerprint density at radius 1 is 1.20 bits per heavy atom. The minimum Gasteiger partial charge on any atom is -0.342 e. The highest BCUT2D eigenvalue weighted by Gasteiger charge is 2.18. The van der Waals surface area contributed by atoms with Gasteiger partial charge < -0.3 is 15.1 Å². The quantitative estimate of drug-likeness (QED) is 0.701. The van der Waals surface area contributed by atoms with Crippen LogP contribution in [0.2, 0.25) is 5.02 Å². The lowest BCUT2D eigenvalue weighted by Gasteiger charge is -2.21. The minimum absolute atomic E-state index is 0.0140. The number of carbonyl (C=O) groups excluding carboxylic acids is 2. The van der Waals surface area contributed by atoms with Crippen LogP contribution in [0.1, 0.15) is 33.1 Å². The van der Waals surface area contributed by atoms with Crippen molar-refractivity contribution >= 4 is 29.2 Å². The minimum atomic E-state index is -0.0898. The molecule has 2 aromatic rings. The fraction of sp³-hybridized carbons (Fsp3) is 0.500. The van der Waals surface area contributed by atoms with Crippen LogP contribution in [0.25, 0.3) is 11.3 Å². The summed E-state index contributed by atoms with van der Waals surface area (Å²) in [6.45, 7) is 8.08. The molecule has 1 unspecified atom stereocenters.